The summed E-state index contributed by atoms with van der Waals surface area (Å²) in [6, 6.07) is 11.5. The highest BCUT2D eigenvalue weighted by Gasteiger charge is 2.12. The summed E-state index contributed by atoms with van der Waals surface area (Å²) in [5.74, 6) is 1.29. The predicted molar refractivity (Wildman–Crippen MR) is 83.4 cm³/mol. The van der Waals surface area contributed by atoms with Crippen LogP contribution in [0.1, 0.15) is 37.4 Å². The van der Waals surface area contributed by atoms with Crippen molar-refractivity contribution in [2.24, 2.45) is 0 Å². The number of nitrogens with one attached hydrogen (secondary N) is 1. The van der Waals surface area contributed by atoms with Crippen molar-refractivity contribution in [3.8, 4) is 11.6 Å². The molecule has 0 spiro atoms. The van der Waals surface area contributed by atoms with Crippen LogP contribution in [0.25, 0.3) is 0 Å². The predicted octanol–water partition coefficient (Wildman–Crippen LogP) is 3.43. The van der Waals surface area contributed by atoms with Gasteiger partial charge in [0.2, 0.25) is 5.88 Å². The van der Waals surface area contributed by atoms with Crippen LogP contribution < -0.4 is 10.1 Å². The van der Waals surface area contributed by atoms with Crippen molar-refractivity contribution < 1.29 is 9.84 Å². The number of nitrogens with zero attached hydrogens (tertiary/aromatic N) is 1. The van der Waals surface area contributed by atoms with Crippen molar-refractivity contribution >= 4 is 0 Å². The first kappa shape index (κ1) is 15.5. The molecule has 2 aromatic rings. The molecule has 112 valence electrons. The topological polar surface area (TPSA) is 54.4 Å². The smallest absolute Gasteiger partial charge is 0.223 e. The molecule has 1 unspecified atom stereocenters. The number of ether oxygens (including phenoxy) is 1. The van der Waals surface area contributed by atoms with Crippen molar-refractivity contribution in [3.05, 3.63) is 53.7 Å². The molecule has 0 saturated carbocycles. The SMILES string of the molecule is CCCNC(C)c1cccnc1Oc1cccc(CO)c1. The van der Waals surface area contributed by atoms with Crippen molar-refractivity contribution in [1.82, 2.24) is 10.3 Å². The molecule has 1 heterocycles. The van der Waals surface area contributed by atoms with Crippen molar-refractivity contribution in [3.63, 3.8) is 0 Å². The maximum atomic E-state index is 9.19. The van der Waals surface area contributed by atoms with E-state index in [0.29, 0.717) is 11.6 Å². The highest BCUT2D eigenvalue weighted by molar-refractivity contribution is 5.35. The molecule has 0 aliphatic carbocycles. The molecule has 4 heteroatoms. The number of aliphatic hydroxyl groups excluding tert-OH is 1. The first-order chi connectivity index (χ1) is 10.2. The maximum absolute atomic E-state index is 9.19. The standard InChI is InChI=1S/C17H22N2O2/c1-3-9-18-13(2)16-8-5-10-19-17(16)21-15-7-4-6-14(11-15)12-20/h4-8,10-11,13,18,20H,3,9,12H2,1-2H3. The Kier molecular flexibility index (Phi) is 5.72. The second-order valence-corrected chi connectivity index (χ2v) is 4.98. The Bertz CT molecular complexity index is 572. The van der Waals surface area contributed by atoms with E-state index in [4.69, 9.17) is 4.74 Å². The highest BCUT2D eigenvalue weighted by atomic mass is 16.5. The fourth-order valence-corrected chi connectivity index (χ4v) is 2.11. The number of aliphatic hydroxyl groups is 1. The second kappa shape index (κ2) is 7.76. The zero-order chi connectivity index (χ0) is 15.1. The van der Waals surface area contributed by atoms with Gasteiger partial charge in [-0.05, 0) is 43.7 Å². The molecule has 2 N–H and O–H groups in total. The summed E-state index contributed by atoms with van der Waals surface area (Å²) in [4.78, 5) is 4.33. The monoisotopic (exact) mass is 286 g/mol. The molecule has 0 fully saturated rings. The van der Waals surface area contributed by atoms with Crippen LogP contribution in [0, 0.1) is 0 Å². The van der Waals surface area contributed by atoms with Crippen LogP contribution in [0.2, 0.25) is 0 Å². The highest BCUT2D eigenvalue weighted by Crippen LogP contribution is 2.27. The molecule has 1 aromatic carbocycles. The van der Waals surface area contributed by atoms with Gasteiger partial charge in [0.15, 0.2) is 0 Å². The summed E-state index contributed by atoms with van der Waals surface area (Å²) in [5.41, 5.74) is 1.85. The first-order valence-corrected chi connectivity index (χ1v) is 7.30. The van der Waals surface area contributed by atoms with E-state index in [1.165, 1.54) is 0 Å². The van der Waals surface area contributed by atoms with Gasteiger partial charge in [-0.15, -0.1) is 0 Å². The van der Waals surface area contributed by atoms with Crippen LogP contribution in [-0.2, 0) is 6.61 Å². The second-order valence-electron chi connectivity index (χ2n) is 4.98. The largest absolute Gasteiger partial charge is 0.439 e. The zero-order valence-electron chi connectivity index (χ0n) is 12.5. The van der Waals surface area contributed by atoms with Gasteiger partial charge in [-0.25, -0.2) is 4.98 Å². The van der Waals surface area contributed by atoms with Crippen LogP contribution in [-0.4, -0.2) is 16.6 Å². The minimum Gasteiger partial charge on any atom is -0.439 e. The third-order valence-electron chi connectivity index (χ3n) is 3.26. The molecule has 0 amide bonds. The Labute approximate surface area is 125 Å². The Morgan fingerprint density at radius 1 is 1.29 bits per heavy atom. The van der Waals surface area contributed by atoms with Crippen molar-refractivity contribution in [1.29, 1.82) is 0 Å². The van der Waals surface area contributed by atoms with E-state index < -0.39 is 0 Å². The van der Waals surface area contributed by atoms with Gasteiger partial charge in [-0.3, -0.25) is 0 Å². The number of hydrogen-bond acceptors (Lipinski definition) is 4. The summed E-state index contributed by atoms with van der Waals surface area (Å²) in [5, 5.41) is 12.6. The summed E-state index contributed by atoms with van der Waals surface area (Å²) >= 11 is 0. The van der Waals surface area contributed by atoms with E-state index >= 15 is 0 Å². The molecule has 0 aliphatic rings. The fourth-order valence-electron chi connectivity index (χ4n) is 2.11. The lowest BCUT2D eigenvalue weighted by molar-refractivity contribution is 0.281. The Balaban J connectivity index is 2.19. The molecule has 4 nitrogen and oxygen atoms in total. The van der Waals surface area contributed by atoms with Gasteiger partial charge in [0.1, 0.15) is 5.75 Å². The zero-order valence-corrected chi connectivity index (χ0v) is 12.5. The molecule has 0 radical (unpaired) electrons. The fraction of sp³-hybridized carbons (Fsp3) is 0.353. The van der Waals surface area contributed by atoms with Gasteiger partial charge in [-0.1, -0.05) is 25.1 Å². The van der Waals surface area contributed by atoms with Crippen molar-refractivity contribution in [2.75, 3.05) is 6.54 Å². The van der Waals surface area contributed by atoms with Gasteiger partial charge >= 0.3 is 0 Å². The van der Waals surface area contributed by atoms with E-state index in [2.05, 4.69) is 24.1 Å². The van der Waals surface area contributed by atoms with Gasteiger partial charge in [-0.2, -0.15) is 0 Å². The molecule has 0 saturated heterocycles. The van der Waals surface area contributed by atoms with Crippen LogP contribution in [0.4, 0.5) is 0 Å². The van der Waals surface area contributed by atoms with Crippen LogP contribution in [0.5, 0.6) is 11.6 Å². The minimum absolute atomic E-state index is 0.000728. The van der Waals surface area contributed by atoms with Gasteiger partial charge in [0.25, 0.3) is 0 Å². The van der Waals surface area contributed by atoms with Crippen molar-refractivity contribution in [2.45, 2.75) is 32.9 Å². The quantitative estimate of drug-likeness (QED) is 0.819. The van der Waals surface area contributed by atoms with E-state index in [0.717, 1.165) is 24.1 Å². The van der Waals surface area contributed by atoms with E-state index in [9.17, 15) is 5.11 Å². The molecule has 0 bridgehead atoms. The van der Waals surface area contributed by atoms with Crippen LogP contribution >= 0.6 is 0 Å². The van der Waals surface area contributed by atoms with E-state index in [-0.39, 0.29) is 12.6 Å². The first-order valence-electron chi connectivity index (χ1n) is 7.30. The third-order valence-corrected chi connectivity index (χ3v) is 3.26. The molecule has 1 aromatic heterocycles. The lowest BCUT2D eigenvalue weighted by Crippen LogP contribution is -2.20. The normalized spacial score (nSPS) is 12.1. The summed E-state index contributed by atoms with van der Waals surface area (Å²) < 4.78 is 5.89. The number of rotatable bonds is 7. The molecule has 21 heavy (non-hydrogen) atoms. The Hall–Kier alpha value is -1.91. The lowest BCUT2D eigenvalue weighted by atomic mass is 10.1. The molecule has 1 atom stereocenters. The van der Waals surface area contributed by atoms with Crippen LogP contribution in [0.3, 0.4) is 0 Å². The van der Waals surface area contributed by atoms with Crippen LogP contribution in [0.15, 0.2) is 42.6 Å². The molecule has 0 aliphatic heterocycles. The third kappa shape index (κ3) is 4.28. The van der Waals surface area contributed by atoms with Gasteiger partial charge < -0.3 is 15.2 Å². The maximum Gasteiger partial charge on any atom is 0.223 e. The Morgan fingerprint density at radius 2 is 2.14 bits per heavy atom. The summed E-state index contributed by atoms with van der Waals surface area (Å²) in [6.07, 6.45) is 2.81. The molecule has 2 rings (SSSR count). The molecular formula is C17H22N2O2. The van der Waals surface area contributed by atoms with Gasteiger partial charge in [0, 0.05) is 17.8 Å². The number of pyridine rings is 1. The average Bonchev–Trinajstić information content (AvgIpc) is 2.53. The number of hydrogen-bond donors (Lipinski definition) is 2. The van der Waals surface area contributed by atoms with E-state index in [1.807, 2.05) is 36.4 Å². The summed E-state index contributed by atoms with van der Waals surface area (Å²) in [6.45, 7) is 5.20. The lowest BCUT2D eigenvalue weighted by Gasteiger charge is -2.17. The Morgan fingerprint density at radius 3 is 2.90 bits per heavy atom. The van der Waals surface area contributed by atoms with E-state index in [1.54, 1.807) is 6.20 Å². The average molecular weight is 286 g/mol. The van der Waals surface area contributed by atoms with Gasteiger partial charge in [0.05, 0.1) is 6.61 Å². The number of aromatic nitrogens is 1. The summed E-state index contributed by atoms with van der Waals surface area (Å²) in [7, 11) is 0. The molecular weight excluding hydrogens is 264 g/mol. The number of benzene rings is 1. The minimum atomic E-state index is 0.000728.